The Kier molecular flexibility index (Phi) is 3.31. The van der Waals surface area contributed by atoms with Gasteiger partial charge >= 0.3 is 0 Å². The van der Waals surface area contributed by atoms with Crippen LogP contribution in [0.4, 0.5) is 5.69 Å². The summed E-state index contributed by atoms with van der Waals surface area (Å²) in [5.74, 6) is -0.852. The van der Waals surface area contributed by atoms with Crippen LogP contribution in [0.15, 0.2) is 18.2 Å². The van der Waals surface area contributed by atoms with Crippen molar-refractivity contribution in [3.05, 3.63) is 29.3 Å². The van der Waals surface area contributed by atoms with Crippen LogP contribution < -0.4 is 4.90 Å². The van der Waals surface area contributed by atoms with Gasteiger partial charge in [-0.2, -0.15) is 0 Å². The summed E-state index contributed by atoms with van der Waals surface area (Å²) in [4.78, 5) is 27.9. The summed E-state index contributed by atoms with van der Waals surface area (Å²) < 4.78 is 5.69. The number of hydrogen-bond donors (Lipinski definition) is 0. The number of ether oxygens (including phenoxy) is 1. The third kappa shape index (κ3) is 2.23. The van der Waals surface area contributed by atoms with E-state index < -0.39 is 11.7 Å². The first-order valence-corrected chi connectivity index (χ1v) is 6.83. The number of anilines is 1. The fraction of sp³-hybridized carbons (Fsp3) is 0.467. The average molecular weight is 274 g/mol. The minimum absolute atomic E-state index is 0.0437. The van der Waals surface area contributed by atoms with Gasteiger partial charge in [0, 0.05) is 13.1 Å². The number of aryl methyl sites for hydroxylation is 1. The quantitative estimate of drug-likeness (QED) is 0.750. The lowest BCUT2D eigenvalue weighted by molar-refractivity contribution is -0.115. The number of ketones is 1. The summed E-state index contributed by atoms with van der Waals surface area (Å²) in [5.41, 5.74) is 2.21. The van der Waals surface area contributed by atoms with Crippen LogP contribution in [0.3, 0.4) is 0 Å². The summed E-state index contributed by atoms with van der Waals surface area (Å²) in [7, 11) is 2.03. The Morgan fingerprint density at radius 2 is 2.15 bits per heavy atom. The summed E-state index contributed by atoms with van der Waals surface area (Å²) in [6, 6.07) is 5.55. The molecule has 0 bridgehead atoms. The molecular formula is C15H18N2O3. The van der Waals surface area contributed by atoms with Gasteiger partial charge in [-0.05, 0) is 26.1 Å². The van der Waals surface area contributed by atoms with Gasteiger partial charge in [-0.15, -0.1) is 0 Å². The van der Waals surface area contributed by atoms with Crippen LogP contribution in [-0.4, -0.2) is 56.0 Å². The second kappa shape index (κ2) is 5.00. The molecule has 20 heavy (non-hydrogen) atoms. The van der Waals surface area contributed by atoms with Crippen molar-refractivity contribution in [2.75, 3.05) is 38.2 Å². The highest BCUT2D eigenvalue weighted by atomic mass is 16.5. The Balaban J connectivity index is 1.84. The fourth-order valence-electron chi connectivity index (χ4n) is 2.78. The van der Waals surface area contributed by atoms with Crippen molar-refractivity contribution in [2.24, 2.45) is 0 Å². The topological polar surface area (TPSA) is 49.9 Å². The van der Waals surface area contributed by atoms with Gasteiger partial charge < -0.3 is 14.5 Å². The SMILES string of the molecule is Cc1ccc2c(c1)C(=O)C(=O)N2CC1CN(C)CCO1. The highest BCUT2D eigenvalue weighted by Gasteiger charge is 2.37. The molecule has 0 radical (unpaired) electrons. The van der Waals surface area contributed by atoms with E-state index in [9.17, 15) is 9.59 Å². The van der Waals surface area contributed by atoms with E-state index in [1.54, 1.807) is 11.0 Å². The second-order valence-electron chi connectivity index (χ2n) is 5.52. The first-order chi connectivity index (χ1) is 9.56. The first kappa shape index (κ1) is 13.3. The molecule has 1 amide bonds. The zero-order valence-electron chi connectivity index (χ0n) is 11.8. The Bertz CT molecular complexity index is 570. The van der Waals surface area contributed by atoms with E-state index in [-0.39, 0.29) is 6.10 Å². The molecular weight excluding hydrogens is 256 g/mol. The predicted molar refractivity (Wildman–Crippen MR) is 75.1 cm³/mol. The van der Waals surface area contributed by atoms with Crippen molar-refractivity contribution in [1.82, 2.24) is 4.90 Å². The molecule has 1 atom stereocenters. The van der Waals surface area contributed by atoms with Crippen molar-refractivity contribution in [1.29, 1.82) is 0 Å². The van der Waals surface area contributed by atoms with Crippen molar-refractivity contribution in [3.8, 4) is 0 Å². The van der Waals surface area contributed by atoms with Gasteiger partial charge in [-0.3, -0.25) is 9.59 Å². The Morgan fingerprint density at radius 1 is 1.35 bits per heavy atom. The number of benzene rings is 1. The molecule has 1 fully saturated rings. The normalized spacial score (nSPS) is 23.3. The Labute approximate surface area is 118 Å². The van der Waals surface area contributed by atoms with E-state index in [1.807, 2.05) is 26.1 Å². The van der Waals surface area contributed by atoms with Gasteiger partial charge in [0.2, 0.25) is 0 Å². The van der Waals surface area contributed by atoms with E-state index in [0.29, 0.717) is 24.4 Å². The van der Waals surface area contributed by atoms with Crippen LogP contribution in [0.2, 0.25) is 0 Å². The molecule has 5 nitrogen and oxygen atoms in total. The molecule has 2 aliphatic rings. The largest absolute Gasteiger partial charge is 0.374 e. The van der Waals surface area contributed by atoms with Crippen LogP contribution in [-0.2, 0) is 9.53 Å². The molecule has 0 spiro atoms. The molecule has 0 aliphatic carbocycles. The molecule has 2 heterocycles. The van der Waals surface area contributed by atoms with Crippen LogP contribution >= 0.6 is 0 Å². The lowest BCUT2D eigenvalue weighted by Gasteiger charge is -2.32. The van der Waals surface area contributed by atoms with Crippen molar-refractivity contribution in [3.63, 3.8) is 0 Å². The number of carbonyl (C=O) groups is 2. The lowest BCUT2D eigenvalue weighted by Crippen LogP contribution is -2.47. The van der Waals surface area contributed by atoms with E-state index in [4.69, 9.17) is 4.74 Å². The van der Waals surface area contributed by atoms with Gasteiger partial charge in [0.25, 0.3) is 11.7 Å². The van der Waals surface area contributed by atoms with Gasteiger partial charge in [-0.1, -0.05) is 11.6 Å². The molecule has 106 valence electrons. The van der Waals surface area contributed by atoms with Gasteiger partial charge in [0.15, 0.2) is 0 Å². The number of amides is 1. The van der Waals surface area contributed by atoms with Gasteiger partial charge in [0.05, 0.1) is 30.5 Å². The number of rotatable bonds is 2. The number of morpholine rings is 1. The number of likely N-dealkylation sites (N-methyl/N-ethyl adjacent to an activating group) is 1. The lowest BCUT2D eigenvalue weighted by atomic mass is 10.1. The standard InChI is InChI=1S/C15H18N2O3/c1-10-3-4-13-12(7-10)14(18)15(19)17(13)9-11-8-16(2)5-6-20-11/h3-4,7,11H,5-6,8-9H2,1-2H3. The molecule has 0 aromatic heterocycles. The molecule has 1 saturated heterocycles. The molecule has 1 unspecified atom stereocenters. The number of fused-ring (bicyclic) bond motifs is 1. The van der Waals surface area contributed by atoms with E-state index in [1.165, 1.54) is 0 Å². The number of hydrogen-bond acceptors (Lipinski definition) is 4. The zero-order valence-corrected chi connectivity index (χ0v) is 11.8. The maximum atomic E-state index is 12.1. The minimum Gasteiger partial charge on any atom is -0.374 e. The summed E-state index contributed by atoms with van der Waals surface area (Å²) in [6.07, 6.45) is -0.0437. The van der Waals surface area contributed by atoms with Crippen molar-refractivity contribution < 1.29 is 14.3 Å². The minimum atomic E-state index is -0.442. The van der Waals surface area contributed by atoms with Gasteiger partial charge in [-0.25, -0.2) is 0 Å². The average Bonchev–Trinajstić information content (AvgIpc) is 2.64. The Morgan fingerprint density at radius 3 is 2.90 bits per heavy atom. The zero-order chi connectivity index (χ0) is 14.3. The summed E-state index contributed by atoms with van der Waals surface area (Å²) >= 11 is 0. The molecule has 0 saturated carbocycles. The molecule has 0 N–H and O–H groups in total. The highest BCUT2D eigenvalue weighted by Crippen LogP contribution is 2.30. The van der Waals surface area contributed by atoms with Crippen LogP contribution in [0.5, 0.6) is 0 Å². The second-order valence-corrected chi connectivity index (χ2v) is 5.52. The van der Waals surface area contributed by atoms with Crippen LogP contribution in [0.1, 0.15) is 15.9 Å². The van der Waals surface area contributed by atoms with E-state index >= 15 is 0 Å². The third-order valence-electron chi connectivity index (χ3n) is 3.85. The summed E-state index contributed by atoms with van der Waals surface area (Å²) in [6.45, 7) is 4.70. The Hall–Kier alpha value is -1.72. The number of nitrogens with zero attached hydrogens (tertiary/aromatic N) is 2. The predicted octanol–water partition coefficient (Wildman–Crippen LogP) is 0.855. The molecule has 1 aromatic carbocycles. The van der Waals surface area contributed by atoms with E-state index in [2.05, 4.69) is 4.90 Å². The number of carbonyl (C=O) groups excluding carboxylic acids is 2. The number of Topliss-reactive ketones (excluding diaryl/α,β-unsaturated/α-hetero) is 1. The van der Waals surface area contributed by atoms with Crippen LogP contribution in [0, 0.1) is 6.92 Å². The fourth-order valence-corrected chi connectivity index (χ4v) is 2.78. The summed E-state index contributed by atoms with van der Waals surface area (Å²) in [5, 5.41) is 0. The van der Waals surface area contributed by atoms with Crippen LogP contribution in [0.25, 0.3) is 0 Å². The monoisotopic (exact) mass is 274 g/mol. The first-order valence-electron chi connectivity index (χ1n) is 6.83. The van der Waals surface area contributed by atoms with Crippen molar-refractivity contribution >= 4 is 17.4 Å². The molecule has 2 aliphatic heterocycles. The molecule has 1 aromatic rings. The maximum absolute atomic E-state index is 12.1. The highest BCUT2D eigenvalue weighted by molar-refractivity contribution is 6.52. The van der Waals surface area contributed by atoms with Crippen molar-refractivity contribution in [2.45, 2.75) is 13.0 Å². The smallest absolute Gasteiger partial charge is 0.299 e. The van der Waals surface area contributed by atoms with E-state index in [0.717, 1.165) is 18.7 Å². The maximum Gasteiger partial charge on any atom is 0.299 e. The third-order valence-corrected chi connectivity index (χ3v) is 3.85. The van der Waals surface area contributed by atoms with Gasteiger partial charge in [0.1, 0.15) is 0 Å². The molecule has 3 rings (SSSR count). The molecule has 5 heteroatoms.